The van der Waals surface area contributed by atoms with E-state index < -0.39 is 0 Å². The van der Waals surface area contributed by atoms with E-state index in [1.54, 1.807) is 0 Å². The Morgan fingerprint density at radius 3 is 2.57 bits per heavy atom. The van der Waals surface area contributed by atoms with Crippen LogP contribution in [0.15, 0.2) is 29.3 Å². The fourth-order valence-corrected chi connectivity index (χ4v) is 3.69. The molecule has 162 valence electrons. The zero-order chi connectivity index (χ0) is 21.3. The summed E-state index contributed by atoms with van der Waals surface area (Å²) >= 11 is 1.86. The monoisotopic (exact) mass is 428 g/mol. The van der Waals surface area contributed by atoms with Crippen LogP contribution >= 0.6 is 11.8 Å². The highest BCUT2D eigenvalue weighted by atomic mass is 32.2. The Kier molecular flexibility index (Phi) is 8.12. The van der Waals surface area contributed by atoms with Gasteiger partial charge in [-0.1, -0.05) is 12.1 Å². The molecule has 2 aromatic heterocycles. The smallest absolute Gasteiger partial charge is 0.191 e. The number of rotatable bonds is 10. The summed E-state index contributed by atoms with van der Waals surface area (Å²) < 4.78 is 4.25. The summed E-state index contributed by atoms with van der Waals surface area (Å²) in [5.74, 6) is 4.76. The van der Waals surface area contributed by atoms with E-state index in [4.69, 9.17) is 4.99 Å². The Morgan fingerprint density at radius 1 is 1.07 bits per heavy atom. The molecular formula is C21H32N8S. The Labute approximate surface area is 182 Å². The second kappa shape index (κ2) is 11.0. The number of guanidine groups is 1. The van der Waals surface area contributed by atoms with E-state index in [1.165, 1.54) is 5.52 Å². The molecular weight excluding hydrogens is 396 g/mol. The van der Waals surface area contributed by atoms with Crippen LogP contribution in [0.3, 0.4) is 0 Å². The molecule has 0 saturated heterocycles. The van der Waals surface area contributed by atoms with E-state index in [0.29, 0.717) is 6.54 Å². The van der Waals surface area contributed by atoms with Crippen molar-refractivity contribution in [3.8, 4) is 0 Å². The van der Waals surface area contributed by atoms with Gasteiger partial charge in [0.05, 0.1) is 11.0 Å². The molecule has 0 saturated carbocycles. The van der Waals surface area contributed by atoms with Crippen LogP contribution in [0, 0.1) is 13.8 Å². The lowest BCUT2D eigenvalue weighted by Gasteiger charge is -2.13. The maximum atomic E-state index is 4.71. The molecule has 3 aromatic rings. The van der Waals surface area contributed by atoms with Crippen LogP contribution in [0.2, 0.25) is 0 Å². The minimum atomic E-state index is 0.500. The number of benzene rings is 1. The Bertz CT molecular complexity index is 975. The highest BCUT2D eigenvalue weighted by molar-refractivity contribution is 7.98. The van der Waals surface area contributed by atoms with Crippen LogP contribution in [0.1, 0.15) is 30.3 Å². The second-order valence-corrected chi connectivity index (χ2v) is 8.23. The van der Waals surface area contributed by atoms with Crippen molar-refractivity contribution in [2.45, 2.75) is 39.8 Å². The van der Waals surface area contributed by atoms with Gasteiger partial charge in [-0.15, -0.1) is 10.2 Å². The number of nitrogens with one attached hydrogen (secondary N) is 2. The van der Waals surface area contributed by atoms with Crippen molar-refractivity contribution in [1.29, 1.82) is 0 Å². The molecule has 3 rings (SSSR count). The van der Waals surface area contributed by atoms with E-state index in [9.17, 15) is 0 Å². The van der Waals surface area contributed by atoms with Crippen LogP contribution in [-0.2, 0) is 20.1 Å². The van der Waals surface area contributed by atoms with Crippen molar-refractivity contribution in [2.24, 2.45) is 12.0 Å². The molecule has 0 atom stereocenters. The quantitative estimate of drug-likeness (QED) is 0.293. The summed E-state index contributed by atoms with van der Waals surface area (Å²) in [6.45, 7) is 7.16. The zero-order valence-electron chi connectivity index (χ0n) is 18.4. The molecule has 0 spiro atoms. The topological polar surface area (TPSA) is 85.0 Å². The summed E-state index contributed by atoms with van der Waals surface area (Å²) in [5.41, 5.74) is 2.25. The van der Waals surface area contributed by atoms with Crippen LogP contribution in [0.25, 0.3) is 11.0 Å². The van der Waals surface area contributed by atoms with Gasteiger partial charge in [-0.25, -0.2) is 9.98 Å². The van der Waals surface area contributed by atoms with Crippen molar-refractivity contribution in [3.63, 3.8) is 0 Å². The van der Waals surface area contributed by atoms with Crippen LogP contribution in [0.5, 0.6) is 0 Å². The van der Waals surface area contributed by atoms with Gasteiger partial charge < -0.3 is 19.8 Å². The summed E-state index contributed by atoms with van der Waals surface area (Å²) in [4.78, 5) is 9.36. The standard InChI is InChI=1S/C21H32N8S/c1-16-25-18-9-5-6-10-19(18)29(16)13-7-11-22-21(23-12-8-14-30-4)24-15-20-27-26-17(2)28(20)3/h5-6,9-10H,7-8,11-15H2,1-4H3,(H2,22,23,24). The molecule has 2 N–H and O–H groups in total. The highest BCUT2D eigenvalue weighted by Gasteiger charge is 2.07. The lowest BCUT2D eigenvalue weighted by Crippen LogP contribution is -2.39. The fraction of sp³-hybridized carbons (Fsp3) is 0.524. The van der Waals surface area contributed by atoms with Crippen molar-refractivity contribution in [3.05, 3.63) is 41.7 Å². The van der Waals surface area contributed by atoms with Crippen molar-refractivity contribution >= 4 is 28.8 Å². The third-order valence-electron chi connectivity index (χ3n) is 5.08. The van der Waals surface area contributed by atoms with Crippen LogP contribution < -0.4 is 10.6 Å². The van der Waals surface area contributed by atoms with Gasteiger partial charge in [0, 0.05) is 26.7 Å². The van der Waals surface area contributed by atoms with Gasteiger partial charge >= 0.3 is 0 Å². The molecule has 1 aromatic carbocycles. The first kappa shape index (κ1) is 22.1. The van der Waals surface area contributed by atoms with Gasteiger partial charge in [0.15, 0.2) is 11.8 Å². The molecule has 0 fully saturated rings. The van der Waals surface area contributed by atoms with Gasteiger partial charge in [-0.3, -0.25) is 0 Å². The molecule has 9 heteroatoms. The first-order valence-corrected chi connectivity index (χ1v) is 11.8. The number of aromatic nitrogens is 5. The number of imidazole rings is 1. The lowest BCUT2D eigenvalue weighted by atomic mass is 10.3. The Morgan fingerprint density at radius 2 is 1.83 bits per heavy atom. The first-order valence-electron chi connectivity index (χ1n) is 10.4. The number of aryl methyl sites for hydroxylation is 3. The first-order chi connectivity index (χ1) is 14.6. The summed E-state index contributed by atoms with van der Waals surface area (Å²) in [6.07, 6.45) is 4.21. The summed E-state index contributed by atoms with van der Waals surface area (Å²) in [7, 11) is 1.97. The lowest BCUT2D eigenvalue weighted by molar-refractivity contribution is 0.622. The minimum absolute atomic E-state index is 0.500. The van der Waals surface area contributed by atoms with Crippen LogP contribution in [-0.4, -0.2) is 55.4 Å². The minimum Gasteiger partial charge on any atom is -0.356 e. The second-order valence-electron chi connectivity index (χ2n) is 7.24. The predicted octanol–water partition coefficient (Wildman–Crippen LogP) is 2.66. The van der Waals surface area contributed by atoms with Crippen LogP contribution in [0.4, 0.5) is 0 Å². The average Bonchev–Trinajstić information content (AvgIpc) is 3.24. The number of thioether (sulfide) groups is 1. The van der Waals surface area contributed by atoms with E-state index in [2.05, 4.69) is 61.8 Å². The SMILES string of the molecule is CSCCCNC(=NCc1nnc(C)n1C)NCCCn1c(C)nc2ccccc21. The molecule has 30 heavy (non-hydrogen) atoms. The molecule has 0 radical (unpaired) electrons. The Hall–Kier alpha value is -2.55. The number of hydrogen-bond acceptors (Lipinski definition) is 5. The van der Waals surface area contributed by atoms with Gasteiger partial charge in [0.1, 0.15) is 18.2 Å². The Balaban J connectivity index is 1.56. The molecule has 0 aliphatic carbocycles. The maximum Gasteiger partial charge on any atom is 0.191 e. The summed E-state index contributed by atoms with van der Waals surface area (Å²) in [5, 5.41) is 15.2. The maximum absolute atomic E-state index is 4.71. The molecule has 8 nitrogen and oxygen atoms in total. The molecule has 0 amide bonds. The molecule has 2 heterocycles. The third-order valence-corrected chi connectivity index (χ3v) is 5.77. The van der Waals surface area contributed by atoms with E-state index >= 15 is 0 Å². The third kappa shape index (κ3) is 5.75. The number of nitrogens with zero attached hydrogens (tertiary/aromatic N) is 6. The van der Waals surface area contributed by atoms with E-state index in [-0.39, 0.29) is 0 Å². The van der Waals surface area contributed by atoms with Crippen molar-refractivity contribution in [1.82, 2.24) is 34.9 Å². The van der Waals surface area contributed by atoms with Crippen molar-refractivity contribution in [2.75, 3.05) is 25.1 Å². The molecule has 0 aliphatic heterocycles. The van der Waals surface area contributed by atoms with Crippen molar-refractivity contribution < 1.29 is 0 Å². The highest BCUT2D eigenvalue weighted by Crippen LogP contribution is 2.15. The van der Waals surface area contributed by atoms with E-state index in [0.717, 1.165) is 67.2 Å². The largest absolute Gasteiger partial charge is 0.356 e. The summed E-state index contributed by atoms with van der Waals surface area (Å²) in [6, 6.07) is 8.29. The fourth-order valence-electron chi connectivity index (χ4n) is 3.26. The average molecular weight is 429 g/mol. The van der Waals surface area contributed by atoms with E-state index in [1.807, 2.05) is 36.4 Å². The molecule has 0 aliphatic rings. The van der Waals surface area contributed by atoms with Gasteiger partial charge in [-0.2, -0.15) is 11.8 Å². The number of hydrogen-bond donors (Lipinski definition) is 2. The predicted molar refractivity (Wildman–Crippen MR) is 125 cm³/mol. The number of aliphatic imine (C=N–C) groups is 1. The number of fused-ring (bicyclic) bond motifs is 1. The molecule has 0 bridgehead atoms. The number of para-hydroxylation sites is 2. The molecule has 0 unspecified atom stereocenters. The normalized spacial score (nSPS) is 11.9. The van der Waals surface area contributed by atoms with Gasteiger partial charge in [-0.05, 0) is 50.8 Å². The van der Waals surface area contributed by atoms with Gasteiger partial charge in [0.25, 0.3) is 0 Å². The zero-order valence-corrected chi connectivity index (χ0v) is 19.2. The van der Waals surface area contributed by atoms with Gasteiger partial charge in [0.2, 0.25) is 0 Å².